The van der Waals surface area contributed by atoms with Gasteiger partial charge in [-0.1, -0.05) is 0 Å². The van der Waals surface area contributed by atoms with Crippen molar-refractivity contribution in [3.8, 4) is 0 Å². The van der Waals surface area contributed by atoms with Crippen molar-refractivity contribution >= 4 is 9.84 Å². The van der Waals surface area contributed by atoms with Crippen LogP contribution in [-0.2, 0) is 9.84 Å². The highest BCUT2D eigenvalue weighted by atomic mass is 32.2. The highest BCUT2D eigenvalue weighted by molar-refractivity contribution is 7.94. The largest absolute Gasteiger partial charge is 0.402 e. The van der Waals surface area contributed by atoms with Crippen LogP contribution < -0.4 is 5.73 Å². The molecule has 0 aliphatic rings. The average molecular weight is 192 g/mol. The molecule has 0 fully saturated rings. The lowest BCUT2D eigenvalue weighted by atomic mass is 10.6. The molecular formula is C7H16N2O2S. The number of rotatable bonds is 4. The molecule has 0 heterocycles. The van der Waals surface area contributed by atoms with Crippen LogP contribution in [-0.4, -0.2) is 39.7 Å². The van der Waals surface area contributed by atoms with Crippen LogP contribution in [0.3, 0.4) is 0 Å². The third-order valence-electron chi connectivity index (χ3n) is 1.19. The molecule has 0 aromatic rings. The van der Waals surface area contributed by atoms with Gasteiger partial charge in [0.15, 0.2) is 9.84 Å². The lowest BCUT2D eigenvalue weighted by Crippen LogP contribution is -2.21. The maximum Gasteiger partial charge on any atom is 0.174 e. The van der Waals surface area contributed by atoms with Gasteiger partial charge in [0.05, 0.1) is 5.75 Å². The summed E-state index contributed by atoms with van der Waals surface area (Å²) in [6.45, 7) is 2.08. The zero-order valence-corrected chi connectivity index (χ0v) is 8.56. The molecule has 72 valence electrons. The number of allylic oxidation sites excluding steroid dienone is 1. The van der Waals surface area contributed by atoms with E-state index in [1.165, 1.54) is 0 Å². The number of nitrogens with zero attached hydrogens (tertiary/aromatic N) is 1. The fourth-order valence-corrected chi connectivity index (χ4v) is 1.96. The summed E-state index contributed by atoms with van der Waals surface area (Å²) in [6, 6.07) is 0. The molecule has 0 aliphatic carbocycles. The third kappa shape index (κ3) is 6.18. The monoisotopic (exact) mass is 192 g/mol. The van der Waals surface area contributed by atoms with Gasteiger partial charge in [-0.15, -0.1) is 0 Å². The van der Waals surface area contributed by atoms with Crippen molar-refractivity contribution in [1.29, 1.82) is 0 Å². The summed E-state index contributed by atoms with van der Waals surface area (Å²) in [5.41, 5.74) is 5.58. The van der Waals surface area contributed by atoms with E-state index >= 15 is 0 Å². The normalized spacial score (nSPS) is 13.8. The molecule has 0 atom stereocenters. The Kier molecular flexibility index (Phi) is 4.26. The quantitative estimate of drug-likeness (QED) is 0.669. The van der Waals surface area contributed by atoms with Gasteiger partial charge in [-0.05, 0) is 21.0 Å². The molecule has 0 aromatic carbocycles. The molecule has 12 heavy (non-hydrogen) atoms. The number of hydrogen-bond donors (Lipinski definition) is 1. The van der Waals surface area contributed by atoms with Crippen molar-refractivity contribution in [2.45, 2.75) is 6.92 Å². The van der Waals surface area contributed by atoms with Gasteiger partial charge in [0.2, 0.25) is 0 Å². The summed E-state index contributed by atoms with van der Waals surface area (Å²) in [6.07, 6.45) is 0. The minimum absolute atomic E-state index is 0.120. The maximum atomic E-state index is 11.2. The van der Waals surface area contributed by atoms with E-state index in [0.29, 0.717) is 12.2 Å². The van der Waals surface area contributed by atoms with Crippen molar-refractivity contribution in [3.05, 3.63) is 11.1 Å². The molecular weight excluding hydrogens is 176 g/mol. The van der Waals surface area contributed by atoms with E-state index in [2.05, 4.69) is 0 Å². The molecule has 0 saturated carbocycles. The topological polar surface area (TPSA) is 63.4 Å². The van der Waals surface area contributed by atoms with E-state index in [4.69, 9.17) is 5.73 Å². The van der Waals surface area contributed by atoms with Gasteiger partial charge in [0.25, 0.3) is 0 Å². The Labute approximate surface area is 74.0 Å². The molecule has 0 aliphatic heterocycles. The van der Waals surface area contributed by atoms with Crippen molar-refractivity contribution < 1.29 is 8.42 Å². The summed E-state index contributed by atoms with van der Waals surface area (Å²) in [7, 11) is 0.551. The molecule has 0 saturated heterocycles. The summed E-state index contributed by atoms with van der Waals surface area (Å²) in [4.78, 5) is 1.82. The first-order valence-corrected chi connectivity index (χ1v) is 5.36. The highest BCUT2D eigenvalue weighted by Crippen LogP contribution is 1.95. The van der Waals surface area contributed by atoms with Gasteiger partial charge in [-0.25, -0.2) is 8.42 Å². The van der Waals surface area contributed by atoms with Crippen LogP contribution >= 0.6 is 0 Å². The van der Waals surface area contributed by atoms with Gasteiger partial charge in [-0.2, -0.15) is 0 Å². The van der Waals surface area contributed by atoms with Crippen molar-refractivity contribution in [2.24, 2.45) is 5.73 Å². The first-order chi connectivity index (χ1) is 5.33. The van der Waals surface area contributed by atoms with Gasteiger partial charge in [0, 0.05) is 17.6 Å². The number of sulfone groups is 1. The lowest BCUT2D eigenvalue weighted by Gasteiger charge is -2.07. The van der Waals surface area contributed by atoms with E-state index in [1.54, 1.807) is 6.92 Å². The SMILES string of the molecule is CC(N)=CS(=O)(=O)CCN(C)C. The Morgan fingerprint density at radius 2 is 2.00 bits per heavy atom. The fourth-order valence-electron chi connectivity index (χ4n) is 0.652. The molecule has 4 nitrogen and oxygen atoms in total. The molecule has 0 radical (unpaired) electrons. The van der Waals surface area contributed by atoms with Gasteiger partial charge >= 0.3 is 0 Å². The van der Waals surface area contributed by atoms with Crippen LogP contribution in [0, 0.1) is 0 Å². The Morgan fingerprint density at radius 1 is 1.50 bits per heavy atom. The van der Waals surface area contributed by atoms with E-state index in [1.807, 2.05) is 19.0 Å². The van der Waals surface area contributed by atoms with E-state index in [0.717, 1.165) is 5.41 Å². The lowest BCUT2D eigenvalue weighted by molar-refractivity contribution is 0.433. The summed E-state index contributed by atoms with van der Waals surface area (Å²) in [5.74, 6) is 0.120. The van der Waals surface area contributed by atoms with Gasteiger partial charge in [0.1, 0.15) is 0 Å². The van der Waals surface area contributed by atoms with E-state index in [9.17, 15) is 8.42 Å². The van der Waals surface area contributed by atoms with E-state index in [-0.39, 0.29) is 5.75 Å². The predicted molar refractivity (Wildman–Crippen MR) is 50.3 cm³/mol. The average Bonchev–Trinajstić information content (AvgIpc) is 1.81. The predicted octanol–water partition coefficient (Wildman–Crippen LogP) is -0.217. The van der Waals surface area contributed by atoms with Gasteiger partial charge < -0.3 is 10.6 Å². The van der Waals surface area contributed by atoms with Crippen molar-refractivity contribution in [3.63, 3.8) is 0 Å². The van der Waals surface area contributed by atoms with Crippen LogP contribution in [0.2, 0.25) is 0 Å². The van der Waals surface area contributed by atoms with Crippen LogP contribution in [0.4, 0.5) is 0 Å². The van der Waals surface area contributed by atoms with E-state index < -0.39 is 9.84 Å². The minimum atomic E-state index is -3.10. The minimum Gasteiger partial charge on any atom is -0.402 e. The zero-order chi connectivity index (χ0) is 9.78. The van der Waals surface area contributed by atoms with Crippen molar-refractivity contribution in [1.82, 2.24) is 4.90 Å². The smallest absolute Gasteiger partial charge is 0.174 e. The molecule has 2 N–H and O–H groups in total. The van der Waals surface area contributed by atoms with Gasteiger partial charge in [-0.3, -0.25) is 0 Å². The first-order valence-electron chi connectivity index (χ1n) is 3.65. The van der Waals surface area contributed by atoms with Crippen LogP contribution in [0.25, 0.3) is 0 Å². The van der Waals surface area contributed by atoms with Crippen LogP contribution in [0.5, 0.6) is 0 Å². The molecule has 0 unspecified atom stereocenters. The Hall–Kier alpha value is -0.550. The highest BCUT2D eigenvalue weighted by Gasteiger charge is 2.06. The zero-order valence-electron chi connectivity index (χ0n) is 7.74. The Balaban J connectivity index is 4.17. The Bertz CT molecular complexity index is 251. The molecule has 0 bridgehead atoms. The second kappa shape index (κ2) is 4.47. The molecule has 5 heteroatoms. The second-order valence-corrected chi connectivity index (χ2v) is 5.00. The number of hydrogen-bond acceptors (Lipinski definition) is 4. The molecule has 0 rings (SSSR count). The van der Waals surface area contributed by atoms with Crippen LogP contribution in [0.1, 0.15) is 6.92 Å². The summed E-state index contributed by atoms with van der Waals surface area (Å²) in [5, 5.41) is 1.11. The second-order valence-electron chi connectivity index (χ2n) is 3.03. The summed E-state index contributed by atoms with van der Waals surface area (Å²) < 4.78 is 22.3. The van der Waals surface area contributed by atoms with Crippen LogP contribution in [0.15, 0.2) is 11.1 Å². The molecule has 0 spiro atoms. The first kappa shape index (κ1) is 11.4. The maximum absolute atomic E-state index is 11.2. The molecule has 0 amide bonds. The number of nitrogens with two attached hydrogens (primary N) is 1. The van der Waals surface area contributed by atoms with Crippen molar-refractivity contribution in [2.75, 3.05) is 26.4 Å². The summed E-state index contributed by atoms with van der Waals surface area (Å²) >= 11 is 0. The Morgan fingerprint density at radius 3 is 2.33 bits per heavy atom. The fraction of sp³-hybridized carbons (Fsp3) is 0.714. The standard InChI is InChI=1S/C7H16N2O2S/c1-7(8)6-12(10,11)5-4-9(2)3/h6H,4-5,8H2,1-3H3. The molecule has 0 aromatic heterocycles. The third-order valence-corrected chi connectivity index (χ3v) is 2.67.